The predicted molar refractivity (Wildman–Crippen MR) is 56.9 cm³/mol. The first-order chi connectivity index (χ1) is 7.24. The van der Waals surface area contributed by atoms with E-state index in [4.69, 9.17) is 5.73 Å². The van der Waals surface area contributed by atoms with E-state index in [1.165, 1.54) is 0 Å². The molecule has 0 bridgehead atoms. The molecule has 0 amide bonds. The van der Waals surface area contributed by atoms with Gasteiger partial charge in [0.1, 0.15) is 12.1 Å². The normalized spacial score (nSPS) is 10.8. The molecule has 0 radical (unpaired) electrons. The van der Waals surface area contributed by atoms with Crippen molar-refractivity contribution in [2.45, 2.75) is 19.9 Å². The summed E-state index contributed by atoms with van der Waals surface area (Å²) in [7, 11) is 1.80. The summed E-state index contributed by atoms with van der Waals surface area (Å²) in [5.41, 5.74) is 6.71. The Kier molecular flexibility index (Phi) is 2.40. The summed E-state index contributed by atoms with van der Waals surface area (Å²) in [6, 6.07) is 0. The molecule has 2 aromatic rings. The number of rotatable bonds is 3. The average Bonchev–Trinajstić information content (AvgIpc) is 2.77. The molecule has 80 valence electrons. The van der Waals surface area contributed by atoms with Crippen molar-refractivity contribution in [1.29, 1.82) is 0 Å². The Morgan fingerprint density at radius 2 is 2.27 bits per heavy atom. The molecule has 2 N–H and O–H groups in total. The monoisotopic (exact) mass is 206 g/mol. The van der Waals surface area contributed by atoms with Gasteiger partial charge in [0.15, 0.2) is 5.82 Å². The van der Waals surface area contributed by atoms with Crippen LogP contribution in [0.1, 0.15) is 13.3 Å². The number of hydrogen-bond acceptors (Lipinski definition) is 4. The Bertz CT molecular complexity index is 455. The van der Waals surface area contributed by atoms with Gasteiger partial charge < -0.3 is 10.3 Å². The van der Waals surface area contributed by atoms with Crippen molar-refractivity contribution < 1.29 is 0 Å². The Labute approximate surface area is 87.7 Å². The van der Waals surface area contributed by atoms with E-state index in [1.807, 2.05) is 4.57 Å². The lowest BCUT2D eigenvalue weighted by atomic mass is 10.3. The summed E-state index contributed by atoms with van der Waals surface area (Å²) in [4.78, 5) is 0. The molecule has 0 atom stereocenters. The zero-order valence-corrected chi connectivity index (χ0v) is 8.88. The quantitative estimate of drug-likeness (QED) is 0.801. The van der Waals surface area contributed by atoms with Crippen molar-refractivity contribution in [3.63, 3.8) is 0 Å². The number of hydrogen-bond donors (Lipinski definition) is 1. The lowest BCUT2D eigenvalue weighted by Crippen LogP contribution is -2.02. The molecule has 0 aliphatic carbocycles. The molecule has 0 aliphatic rings. The van der Waals surface area contributed by atoms with Gasteiger partial charge in [-0.2, -0.15) is 5.10 Å². The van der Waals surface area contributed by atoms with Crippen molar-refractivity contribution >= 4 is 5.82 Å². The highest BCUT2D eigenvalue weighted by atomic mass is 15.3. The fourth-order valence-electron chi connectivity index (χ4n) is 1.49. The van der Waals surface area contributed by atoms with Crippen LogP contribution in [-0.4, -0.2) is 24.5 Å². The summed E-state index contributed by atoms with van der Waals surface area (Å²) in [5, 5.41) is 12.0. The van der Waals surface area contributed by atoms with E-state index in [2.05, 4.69) is 22.2 Å². The Balaban J connectivity index is 2.44. The van der Waals surface area contributed by atoms with E-state index in [0.29, 0.717) is 5.82 Å². The largest absolute Gasteiger partial charge is 0.383 e. The summed E-state index contributed by atoms with van der Waals surface area (Å²) in [6.07, 6.45) is 4.46. The van der Waals surface area contributed by atoms with Crippen LogP contribution >= 0.6 is 0 Å². The van der Waals surface area contributed by atoms with Crippen molar-refractivity contribution in [2.24, 2.45) is 7.05 Å². The Hall–Kier alpha value is -1.85. The van der Waals surface area contributed by atoms with E-state index in [1.54, 1.807) is 24.3 Å². The van der Waals surface area contributed by atoms with E-state index in [-0.39, 0.29) is 0 Å². The zero-order valence-electron chi connectivity index (χ0n) is 8.88. The van der Waals surface area contributed by atoms with Crippen LogP contribution in [0.5, 0.6) is 0 Å². The highest BCUT2D eigenvalue weighted by Gasteiger charge is 2.13. The van der Waals surface area contributed by atoms with Gasteiger partial charge in [-0.25, -0.2) is 0 Å². The first kappa shape index (κ1) is 9.70. The van der Waals surface area contributed by atoms with Crippen LogP contribution in [0, 0.1) is 0 Å². The third-order valence-corrected chi connectivity index (χ3v) is 2.31. The van der Waals surface area contributed by atoms with Gasteiger partial charge in [-0.05, 0) is 6.42 Å². The fourth-order valence-corrected chi connectivity index (χ4v) is 1.49. The molecule has 0 saturated heterocycles. The molecule has 0 aromatic carbocycles. The second-order valence-corrected chi connectivity index (χ2v) is 3.42. The number of aromatic nitrogens is 5. The second-order valence-electron chi connectivity index (χ2n) is 3.42. The Morgan fingerprint density at radius 1 is 1.47 bits per heavy atom. The fraction of sp³-hybridized carbons (Fsp3) is 0.444. The smallest absolute Gasteiger partial charge is 0.169 e. The zero-order chi connectivity index (χ0) is 10.8. The standard InChI is InChI=1S/C9H14N6/c1-3-4-15-6-11-13-9(15)7-5-12-14(2)8(7)10/h5-6H,3-4,10H2,1-2H3. The lowest BCUT2D eigenvalue weighted by molar-refractivity contribution is 0.683. The maximum Gasteiger partial charge on any atom is 0.169 e. The second kappa shape index (κ2) is 3.72. The maximum absolute atomic E-state index is 5.88. The van der Waals surface area contributed by atoms with Crippen LogP contribution in [0.25, 0.3) is 11.4 Å². The van der Waals surface area contributed by atoms with Crippen molar-refractivity contribution in [1.82, 2.24) is 24.5 Å². The van der Waals surface area contributed by atoms with Gasteiger partial charge in [0.25, 0.3) is 0 Å². The van der Waals surface area contributed by atoms with Gasteiger partial charge in [0.2, 0.25) is 0 Å². The number of nitrogens with zero attached hydrogens (tertiary/aromatic N) is 5. The van der Waals surface area contributed by atoms with Crippen molar-refractivity contribution in [3.8, 4) is 11.4 Å². The molecule has 0 spiro atoms. The molecular weight excluding hydrogens is 192 g/mol. The molecule has 0 fully saturated rings. The minimum absolute atomic E-state index is 0.611. The topological polar surface area (TPSA) is 74.5 Å². The van der Waals surface area contributed by atoms with Gasteiger partial charge in [0.05, 0.1) is 11.8 Å². The number of anilines is 1. The third kappa shape index (κ3) is 1.58. The van der Waals surface area contributed by atoms with Crippen LogP contribution in [0.15, 0.2) is 12.5 Å². The van der Waals surface area contributed by atoms with E-state index < -0.39 is 0 Å². The minimum Gasteiger partial charge on any atom is -0.383 e. The SMILES string of the molecule is CCCn1cnnc1-c1cnn(C)c1N. The first-order valence-electron chi connectivity index (χ1n) is 4.89. The molecule has 0 aliphatic heterocycles. The molecule has 6 heteroatoms. The first-order valence-corrected chi connectivity index (χ1v) is 4.89. The van der Waals surface area contributed by atoms with Crippen LogP contribution in [0.4, 0.5) is 5.82 Å². The van der Waals surface area contributed by atoms with Crippen LogP contribution < -0.4 is 5.73 Å². The molecule has 2 rings (SSSR count). The molecular formula is C9H14N6. The number of nitrogens with two attached hydrogens (primary N) is 1. The van der Waals surface area contributed by atoms with E-state index in [9.17, 15) is 0 Å². The van der Waals surface area contributed by atoms with E-state index >= 15 is 0 Å². The molecule has 0 saturated carbocycles. The third-order valence-electron chi connectivity index (χ3n) is 2.31. The highest BCUT2D eigenvalue weighted by Crippen LogP contribution is 2.22. The lowest BCUT2D eigenvalue weighted by Gasteiger charge is -2.03. The molecule has 15 heavy (non-hydrogen) atoms. The van der Waals surface area contributed by atoms with E-state index in [0.717, 1.165) is 24.4 Å². The van der Waals surface area contributed by atoms with Gasteiger partial charge in [-0.15, -0.1) is 10.2 Å². The van der Waals surface area contributed by atoms with Crippen molar-refractivity contribution in [3.05, 3.63) is 12.5 Å². The molecule has 2 heterocycles. The average molecular weight is 206 g/mol. The van der Waals surface area contributed by atoms with Gasteiger partial charge in [0, 0.05) is 13.6 Å². The number of nitrogen functional groups attached to an aromatic ring is 1. The van der Waals surface area contributed by atoms with Crippen LogP contribution in [-0.2, 0) is 13.6 Å². The highest BCUT2D eigenvalue weighted by molar-refractivity contribution is 5.67. The summed E-state index contributed by atoms with van der Waals surface area (Å²) in [6.45, 7) is 2.99. The Morgan fingerprint density at radius 3 is 2.87 bits per heavy atom. The van der Waals surface area contributed by atoms with Gasteiger partial charge >= 0.3 is 0 Å². The number of aryl methyl sites for hydroxylation is 2. The predicted octanol–water partition coefficient (Wildman–Crippen LogP) is 0.671. The van der Waals surface area contributed by atoms with Gasteiger partial charge in [-0.3, -0.25) is 4.68 Å². The molecule has 2 aromatic heterocycles. The molecule has 0 unspecified atom stereocenters. The molecule has 6 nitrogen and oxygen atoms in total. The van der Waals surface area contributed by atoms with Gasteiger partial charge in [-0.1, -0.05) is 6.92 Å². The maximum atomic E-state index is 5.88. The minimum atomic E-state index is 0.611. The van der Waals surface area contributed by atoms with Crippen LogP contribution in [0.2, 0.25) is 0 Å². The summed E-state index contributed by atoms with van der Waals surface area (Å²) >= 11 is 0. The summed E-state index contributed by atoms with van der Waals surface area (Å²) in [5.74, 6) is 1.39. The summed E-state index contributed by atoms with van der Waals surface area (Å²) < 4.78 is 3.60. The van der Waals surface area contributed by atoms with Crippen LogP contribution in [0.3, 0.4) is 0 Å². The van der Waals surface area contributed by atoms with Crippen molar-refractivity contribution in [2.75, 3.05) is 5.73 Å².